The van der Waals surface area contributed by atoms with Crippen molar-refractivity contribution in [1.82, 2.24) is 0 Å². The number of ether oxygens (including phenoxy) is 2. The number of hydrogen-bond donors (Lipinski definition) is 0. The molecular formula is C20H26F10O4. The summed E-state index contributed by atoms with van der Waals surface area (Å²) in [7, 11) is 0. The third-order valence-corrected chi connectivity index (χ3v) is 4.52. The van der Waals surface area contributed by atoms with Crippen LogP contribution in [0.3, 0.4) is 0 Å². The number of hydrogen-bond acceptors (Lipinski definition) is 4. The zero-order chi connectivity index (χ0) is 27.6. The highest BCUT2D eigenvalue weighted by atomic mass is 19.4. The molecule has 0 aliphatic heterocycles. The minimum Gasteiger partial charge on any atom is -0.458 e. The Hall–Kier alpha value is -2.02. The summed E-state index contributed by atoms with van der Waals surface area (Å²) in [5, 5.41) is 0. The first-order valence-corrected chi connectivity index (χ1v) is 9.69. The third kappa shape index (κ3) is 9.69. The number of carbonyl (C=O) groups is 2. The second-order valence-electron chi connectivity index (χ2n) is 9.73. The summed E-state index contributed by atoms with van der Waals surface area (Å²) in [6.45, 7) is 7.27. The molecule has 0 aromatic heterocycles. The van der Waals surface area contributed by atoms with E-state index in [1.165, 1.54) is 41.5 Å². The summed E-state index contributed by atoms with van der Waals surface area (Å²) >= 11 is 0. The molecule has 0 aromatic rings. The van der Waals surface area contributed by atoms with Gasteiger partial charge in [-0.2, -0.15) is 43.9 Å². The van der Waals surface area contributed by atoms with Gasteiger partial charge in [0.15, 0.2) is 0 Å². The standard InChI is InChI=1S/C20H26F10O4/c1-15(2,3)11(9-17(21,22)19(25,26)27)33-13(31)7-8-14(32)34-12(16(4,5)6)10-18(23,24)20(28,29)30/h7-8,11-12H,9-10H2,1-6H3/b8-7+. The SMILES string of the molecule is CC(C)(C)C(CC(F)(F)C(F)(F)F)OC(=O)/C=C/C(=O)OC(CC(F)(F)C(F)(F)F)C(C)(C)C. The second kappa shape index (κ2) is 10.3. The Kier molecular flexibility index (Phi) is 9.69. The normalized spacial score (nSPS) is 16.4. The molecule has 14 heteroatoms. The van der Waals surface area contributed by atoms with E-state index in [9.17, 15) is 53.5 Å². The highest BCUT2D eigenvalue weighted by Crippen LogP contribution is 2.43. The molecule has 0 aromatic carbocycles. The van der Waals surface area contributed by atoms with Crippen LogP contribution in [0.25, 0.3) is 0 Å². The fourth-order valence-electron chi connectivity index (χ4n) is 2.24. The monoisotopic (exact) mass is 520 g/mol. The minimum atomic E-state index is -5.91. The van der Waals surface area contributed by atoms with Gasteiger partial charge in [0.05, 0.1) is 12.8 Å². The number of rotatable bonds is 8. The molecule has 0 amide bonds. The van der Waals surface area contributed by atoms with Gasteiger partial charge in [-0.3, -0.25) is 0 Å². The molecule has 2 atom stereocenters. The first kappa shape index (κ1) is 32.0. The Morgan fingerprint density at radius 2 is 0.824 bits per heavy atom. The number of halogens is 10. The minimum absolute atomic E-state index is 0.272. The summed E-state index contributed by atoms with van der Waals surface area (Å²) in [6.07, 6.45) is -19.0. The first-order chi connectivity index (χ1) is 14.7. The second-order valence-corrected chi connectivity index (χ2v) is 9.73. The summed E-state index contributed by atoms with van der Waals surface area (Å²) in [4.78, 5) is 23.7. The van der Waals surface area contributed by atoms with Crippen LogP contribution in [0.1, 0.15) is 54.4 Å². The smallest absolute Gasteiger partial charge is 0.453 e. The van der Waals surface area contributed by atoms with Crippen LogP contribution < -0.4 is 0 Å². The van der Waals surface area contributed by atoms with Gasteiger partial charge in [-0.1, -0.05) is 41.5 Å². The quantitative estimate of drug-likeness (QED) is 0.205. The van der Waals surface area contributed by atoms with Gasteiger partial charge in [0, 0.05) is 12.2 Å². The van der Waals surface area contributed by atoms with Crippen LogP contribution in [0, 0.1) is 10.8 Å². The van der Waals surface area contributed by atoms with Gasteiger partial charge in [0.2, 0.25) is 0 Å². The van der Waals surface area contributed by atoms with E-state index in [0.29, 0.717) is 0 Å². The Morgan fingerprint density at radius 1 is 0.588 bits per heavy atom. The van der Waals surface area contributed by atoms with Crippen LogP contribution in [0.2, 0.25) is 0 Å². The largest absolute Gasteiger partial charge is 0.458 e. The van der Waals surface area contributed by atoms with Crippen molar-refractivity contribution >= 4 is 11.9 Å². The van der Waals surface area contributed by atoms with E-state index in [4.69, 9.17) is 0 Å². The Balaban J connectivity index is 5.44. The van der Waals surface area contributed by atoms with Gasteiger partial charge >= 0.3 is 36.1 Å². The Bertz CT molecular complexity index is 678. The molecule has 0 saturated carbocycles. The molecule has 200 valence electrons. The maximum absolute atomic E-state index is 13.4. The van der Waals surface area contributed by atoms with Crippen molar-refractivity contribution in [2.24, 2.45) is 10.8 Å². The zero-order valence-electron chi connectivity index (χ0n) is 19.1. The van der Waals surface area contributed by atoms with Crippen molar-refractivity contribution in [3.63, 3.8) is 0 Å². The van der Waals surface area contributed by atoms with Crippen LogP contribution in [0.15, 0.2) is 12.2 Å². The first-order valence-electron chi connectivity index (χ1n) is 9.69. The Labute approximate surface area is 189 Å². The lowest BCUT2D eigenvalue weighted by Gasteiger charge is -2.33. The van der Waals surface area contributed by atoms with Crippen LogP contribution in [-0.2, 0) is 19.1 Å². The van der Waals surface area contributed by atoms with Gasteiger partial charge in [0.25, 0.3) is 0 Å². The molecule has 0 saturated heterocycles. The van der Waals surface area contributed by atoms with Crippen LogP contribution in [0.5, 0.6) is 0 Å². The predicted molar refractivity (Wildman–Crippen MR) is 99.0 cm³/mol. The molecule has 4 nitrogen and oxygen atoms in total. The maximum Gasteiger partial charge on any atom is 0.453 e. The number of carbonyl (C=O) groups excluding carboxylic acids is 2. The molecule has 2 unspecified atom stereocenters. The highest BCUT2D eigenvalue weighted by molar-refractivity contribution is 5.91. The lowest BCUT2D eigenvalue weighted by molar-refractivity contribution is -0.293. The van der Waals surface area contributed by atoms with Gasteiger partial charge in [0.1, 0.15) is 12.2 Å². The molecule has 0 heterocycles. The molecule has 0 bridgehead atoms. The van der Waals surface area contributed by atoms with Crippen molar-refractivity contribution in [2.75, 3.05) is 0 Å². The molecule has 0 fully saturated rings. The van der Waals surface area contributed by atoms with E-state index < -0.39 is 72.0 Å². The number of alkyl halides is 10. The van der Waals surface area contributed by atoms with Crippen molar-refractivity contribution < 1.29 is 63.0 Å². The average Bonchev–Trinajstić information content (AvgIpc) is 2.54. The van der Waals surface area contributed by atoms with Gasteiger partial charge < -0.3 is 9.47 Å². The van der Waals surface area contributed by atoms with Crippen LogP contribution >= 0.6 is 0 Å². The molecular weight excluding hydrogens is 494 g/mol. The Morgan fingerprint density at radius 3 is 1.00 bits per heavy atom. The molecule has 0 spiro atoms. The summed E-state index contributed by atoms with van der Waals surface area (Å²) in [6, 6.07) is 0. The van der Waals surface area contributed by atoms with Crippen molar-refractivity contribution in [2.45, 2.75) is 90.8 Å². The van der Waals surface area contributed by atoms with Gasteiger partial charge in [-0.15, -0.1) is 0 Å². The van der Waals surface area contributed by atoms with Gasteiger partial charge in [-0.05, 0) is 10.8 Å². The van der Waals surface area contributed by atoms with Crippen molar-refractivity contribution in [3.05, 3.63) is 12.2 Å². The third-order valence-electron chi connectivity index (χ3n) is 4.52. The molecule has 34 heavy (non-hydrogen) atoms. The molecule has 0 aliphatic rings. The summed E-state index contributed by atoms with van der Waals surface area (Å²) in [5.41, 5.74) is -2.78. The fraction of sp³-hybridized carbons (Fsp3) is 0.800. The van der Waals surface area contributed by atoms with E-state index in [1.807, 2.05) is 0 Å². The number of esters is 2. The lowest BCUT2D eigenvalue weighted by atomic mass is 9.85. The zero-order valence-corrected chi connectivity index (χ0v) is 19.1. The van der Waals surface area contributed by atoms with E-state index in [-0.39, 0.29) is 12.2 Å². The molecule has 0 rings (SSSR count). The van der Waals surface area contributed by atoms with E-state index in [0.717, 1.165) is 0 Å². The van der Waals surface area contributed by atoms with E-state index >= 15 is 0 Å². The highest BCUT2D eigenvalue weighted by Gasteiger charge is 2.60. The lowest BCUT2D eigenvalue weighted by Crippen LogP contribution is -2.44. The maximum atomic E-state index is 13.4. The van der Waals surface area contributed by atoms with Crippen molar-refractivity contribution in [1.29, 1.82) is 0 Å². The molecule has 0 aliphatic carbocycles. The fourth-order valence-corrected chi connectivity index (χ4v) is 2.24. The summed E-state index contributed by atoms with van der Waals surface area (Å²) in [5.74, 6) is -13.5. The average molecular weight is 520 g/mol. The van der Waals surface area contributed by atoms with E-state index in [2.05, 4.69) is 9.47 Å². The topological polar surface area (TPSA) is 52.6 Å². The van der Waals surface area contributed by atoms with Crippen LogP contribution in [0.4, 0.5) is 43.9 Å². The van der Waals surface area contributed by atoms with E-state index in [1.54, 1.807) is 0 Å². The van der Waals surface area contributed by atoms with Gasteiger partial charge in [-0.25, -0.2) is 9.59 Å². The van der Waals surface area contributed by atoms with Crippen molar-refractivity contribution in [3.8, 4) is 0 Å². The summed E-state index contributed by atoms with van der Waals surface area (Å²) < 4.78 is 138. The molecule has 0 N–H and O–H groups in total. The predicted octanol–water partition coefficient (Wildman–Crippen LogP) is 6.63. The van der Waals surface area contributed by atoms with Crippen LogP contribution in [-0.4, -0.2) is 48.3 Å². The molecule has 0 radical (unpaired) electrons.